The fourth-order valence-corrected chi connectivity index (χ4v) is 2.41. The molecule has 2 aromatic rings. The van der Waals surface area contributed by atoms with Crippen LogP contribution in [-0.2, 0) is 9.59 Å². The lowest BCUT2D eigenvalue weighted by Gasteiger charge is -2.22. The van der Waals surface area contributed by atoms with Crippen LogP contribution in [0.25, 0.3) is 0 Å². The highest BCUT2D eigenvalue weighted by Gasteiger charge is 2.26. The molecule has 5 heteroatoms. The average Bonchev–Trinajstić information content (AvgIpc) is 2.59. The monoisotopic (exact) mass is 322 g/mol. The van der Waals surface area contributed by atoms with Crippen molar-refractivity contribution >= 4 is 23.3 Å². The predicted octanol–water partition coefficient (Wildman–Crippen LogP) is 3.39. The van der Waals surface area contributed by atoms with Gasteiger partial charge in [0.05, 0.1) is 5.69 Å². The van der Waals surface area contributed by atoms with Gasteiger partial charge in [-0.1, -0.05) is 24.3 Å². The fraction of sp³-hybridized carbons (Fsp3) is 0.211. The molecule has 1 amide bonds. The number of carbonyl (C=O) groups excluding carboxylic acids is 2. The van der Waals surface area contributed by atoms with Gasteiger partial charge in [0.25, 0.3) is 0 Å². The number of benzene rings is 2. The van der Waals surface area contributed by atoms with Crippen LogP contribution in [0.3, 0.4) is 0 Å². The first-order valence-corrected chi connectivity index (χ1v) is 7.79. The molecule has 0 radical (unpaired) electrons. The third-order valence-corrected chi connectivity index (χ3v) is 3.96. The van der Waals surface area contributed by atoms with E-state index in [1.165, 1.54) is 5.01 Å². The molecule has 0 N–H and O–H groups in total. The van der Waals surface area contributed by atoms with E-state index in [-0.39, 0.29) is 24.5 Å². The van der Waals surface area contributed by atoms with E-state index in [1.807, 2.05) is 44.2 Å². The van der Waals surface area contributed by atoms with Gasteiger partial charge in [0.1, 0.15) is 11.5 Å². The van der Waals surface area contributed by atoms with Gasteiger partial charge in [-0.05, 0) is 49.2 Å². The maximum Gasteiger partial charge on any atom is 0.359 e. The van der Waals surface area contributed by atoms with Crippen LogP contribution in [-0.4, -0.2) is 17.6 Å². The number of nitrogens with zero attached hydrogens (tertiary/aromatic N) is 2. The third-order valence-electron chi connectivity index (χ3n) is 3.96. The van der Waals surface area contributed by atoms with Gasteiger partial charge in [0, 0.05) is 12.8 Å². The Kier molecular flexibility index (Phi) is 4.42. The number of ether oxygens (including phenoxy) is 1. The minimum Gasteiger partial charge on any atom is -0.422 e. The zero-order valence-corrected chi connectivity index (χ0v) is 13.7. The van der Waals surface area contributed by atoms with Gasteiger partial charge >= 0.3 is 5.97 Å². The van der Waals surface area contributed by atoms with Crippen molar-refractivity contribution in [2.75, 3.05) is 5.01 Å². The lowest BCUT2D eigenvalue weighted by Crippen LogP contribution is -2.35. The number of amides is 1. The Hall–Kier alpha value is -2.95. The van der Waals surface area contributed by atoms with Crippen LogP contribution in [0.2, 0.25) is 0 Å². The van der Waals surface area contributed by atoms with Crippen molar-refractivity contribution in [1.29, 1.82) is 0 Å². The number of para-hydroxylation sites is 1. The SMILES string of the molecule is Cc1ccc(OC(=O)C2=NN(c3ccccc3)C(=O)CC2)cc1C. The molecular weight excluding hydrogens is 304 g/mol. The van der Waals surface area contributed by atoms with Crippen LogP contribution < -0.4 is 9.75 Å². The summed E-state index contributed by atoms with van der Waals surface area (Å²) in [6.45, 7) is 3.95. The number of hydrazone groups is 1. The second kappa shape index (κ2) is 6.66. The highest BCUT2D eigenvalue weighted by Crippen LogP contribution is 2.21. The summed E-state index contributed by atoms with van der Waals surface area (Å²) in [5.41, 5.74) is 3.06. The molecule has 1 aliphatic rings. The van der Waals surface area contributed by atoms with E-state index in [1.54, 1.807) is 18.2 Å². The average molecular weight is 322 g/mol. The zero-order valence-electron chi connectivity index (χ0n) is 13.7. The van der Waals surface area contributed by atoms with E-state index in [0.717, 1.165) is 11.1 Å². The van der Waals surface area contributed by atoms with Crippen molar-refractivity contribution in [2.24, 2.45) is 5.10 Å². The van der Waals surface area contributed by atoms with Crippen LogP contribution in [0.1, 0.15) is 24.0 Å². The summed E-state index contributed by atoms with van der Waals surface area (Å²) in [6, 6.07) is 14.5. The number of esters is 1. The summed E-state index contributed by atoms with van der Waals surface area (Å²) >= 11 is 0. The van der Waals surface area contributed by atoms with E-state index in [2.05, 4.69) is 5.10 Å². The maximum absolute atomic E-state index is 12.4. The van der Waals surface area contributed by atoms with Crippen LogP contribution >= 0.6 is 0 Å². The maximum atomic E-state index is 12.4. The highest BCUT2D eigenvalue weighted by atomic mass is 16.5. The van der Waals surface area contributed by atoms with Crippen molar-refractivity contribution < 1.29 is 14.3 Å². The zero-order chi connectivity index (χ0) is 17.1. The van der Waals surface area contributed by atoms with Crippen LogP contribution in [0.4, 0.5) is 5.69 Å². The number of hydrogen-bond donors (Lipinski definition) is 0. The summed E-state index contributed by atoms with van der Waals surface area (Å²) < 4.78 is 5.40. The lowest BCUT2D eigenvalue weighted by molar-refractivity contribution is -0.127. The second-order valence-electron chi connectivity index (χ2n) is 5.72. The molecule has 1 heterocycles. The number of rotatable bonds is 3. The number of aryl methyl sites for hydroxylation is 2. The molecule has 0 saturated carbocycles. The Labute approximate surface area is 140 Å². The van der Waals surface area contributed by atoms with Gasteiger partial charge in [-0.2, -0.15) is 5.10 Å². The molecule has 5 nitrogen and oxygen atoms in total. The van der Waals surface area contributed by atoms with E-state index in [9.17, 15) is 9.59 Å². The van der Waals surface area contributed by atoms with Crippen molar-refractivity contribution in [3.63, 3.8) is 0 Å². The van der Waals surface area contributed by atoms with Gasteiger partial charge in [-0.3, -0.25) is 4.79 Å². The number of hydrogen-bond acceptors (Lipinski definition) is 4. The van der Waals surface area contributed by atoms with E-state index >= 15 is 0 Å². The Balaban J connectivity index is 1.81. The Bertz CT molecular complexity index is 813. The molecule has 0 fully saturated rings. The molecule has 0 spiro atoms. The Morgan fingerprint density at radius 2 is 1.79 bits per heavy atom. The lowest BCUT2D eigenvalue weighted by atomic mass is 10.1. The summed E-state index contributed by atoms with van der Waals surface area (Å²) in [7, 11) is 0. The quantitative estimate of drug-likeness (QED) is 0.643. The standard InChI is InChI=1S/C19H18N2O3/c1-13-8-9-16(12-14(13)2)24-19(23)17-10-11-18(22)21(20-17)15-6-4-3-5-7-15/h3-9,12H,10-11H2,1-2H3. The van der Waals surface area contributed by atoms with Crippen LogP contribution in [0.5, 0.6) is 5.75 Å². The Morgan fingerprint density at radius 3 is 2.50 bits per heavy atom. The van der Waals surface area contributed by atoms with E-state index in [4.69, 9.17) is 4.74 Å². The van der Waals surface area contributed by atoms with Gasteiger partial charge in [-0.25, -0.2) is 9.80 Å². The Morgan fingerprint density at radius 1 is 1.04 bits per heavy atom. The van der Waals surface area contributed by atoms with Gasteiger partial charge < -0.3 is 4.74 Å². The summed E-state index contributed by atoms with van der Waals surface area (Å²) in [4.78, 5) is 24.4. The summed E-state index contributed by atoms with van der Waals surface area (Å²) in [5.74, 6) is -0.176. The highest BCUT2D eigenvalue weighted by molar-refractivity contribution is 6.38. The summed E-state index contributed by atoms with van der Waals surface area (Å²) in [6.07, 6.45) is 0.515. The first kappa shape index (κ1) is 15.9. The first-order valence-electron chi connectivity index (χ1n) is 7.79. The molecule has 0 saturated heterocycles. The number of carbonyl (C=O) groups is 2. The van der Waals surface area contributed by atoms with Crippen molar-refractivity contribution in [3.8, 4) is 5.75 Å². The molecule has 0 unspecified atom stereocenters. The van der Waals surface area contributed by atoms with Crippen molar-refractivity contribution in [1.82, 2.24) is 0 Å². The minimum absolute atomic E-state index is 0.135. The van der Waals surface area contributed by atoms with Crippen LogP contribution in [0, 0.1) is 13.8 Å². The molecule has 3 rings (SSSR count). The normalized spacial score (nSPS) is 14.3. The second-order valence-corrected chi connectivity index (χ2v) is 5.72. The van der Waals surface area contributed by atoms with E-state index < -0.39 is 5.97 Å². The predicted molar refractivity (Wildman–Crippen MR) is 92.1 cm³/mol. The number of anilines is 1. The molecule has 122 valence electrons. The third kappa shape index (κ3) is 3.35. The smallest absolute Gasteiger partial charge is 0.359 e. The van der Waals surface area contributed by atoms with Crippen molar-refractivity contribution in [2.45, 2.75) is 26.7 Å². The fourth-order valence-electron chi connectivity index (χ4n) is 2.41. The minimum atomic E-state index is -0.522. The van der Waals surface area contributed by atoms with E-state index in [0.29, 0.717) is 11.4 Å². The van der Waals surface area contributed by atoms with Gasteiger partial charge in [0.2, 0.25) is 5.91 Å². The van der Waals surface area contributed by atoms with Crippen molar-refractivity contribution in [3.05, 3.63) is 59.7 Å². The molecular formula is C19H18N2O3. The summed E-state index contributed by atoms with van der Waals surface area (Å²) in [5, 5.41) is 5.46. The molecule has 0 atom stereocenters. The molecule has 1 aliphatic heterocycles. The first-order chi connectivity index (χ1) is 11.5. The van der Waals surface area contributed by atoms with Gasteiger partial charge in [-0.15, -0.1) is 0 Å². The largest absolute Gasteiger partial charge is 0.422 e. The molecule has 2 aromatic carbocycles. The molecule has 24 heavy (non-hydrogen) atoms. The molecule has 0 aromatic heterocycles. The van der Waals surface area contributed by atoms with Crippen LogP contribution in [0.15, 0.2) is 53.6 Å². The molecule has 0 bridgehead atoms. The topological polar surface area (TPSA) is 59.0 Å². The molecule has 0 aliphatic carbocycles. The van der Waals surface area contributed by atoms with Gasteiger partial charge in [0.15, 0.2) is 0 Å².